The molecule has 0 aromatic carbocycles. The zero-order valence-electron chi connectivity index (χ0n) is 8.69. The van der Waals surface area contributed by atoms with E-state index in [0.29, 0.717) is 0 Å². The number of carbonyl (C=O) groups excluding carboxylic acids is 2. The normalized spacial score (nSPS) is 9.47. The molecule has 5 nitrogen and oxygen atoms in total. The fraction of sp³-hybridized carbons (Fsp3) is 0.400. The van der Waals surface area contributed by atoms with Gasteiger partial charge in [0.05, 0.1) is 6.04 Å². The second kappa shape index (κ2) is 7.75. The van der Waals surface area contributed by atoms with Crippen LogP contribution in [-0.2, 0) is 19.1 Å². The molecule has 0 amide bonds. The Bertz CT molecular complexity index is 226. The molecule has 0 atom stereocenters. The fourth-order valence-corrected chi connectivity index (χ4v) is 0.698. The van der Waals surface area contributed by atoms with Gasteiger partial charge >= 0.3 is 11.9 Å². The second-order valence-corrected chi connectivity index (χ2v) is 2.65. The molecule has 0 aliphatic rings. The molecule has 0 aromatic rings. The molecule has 0 aliphatic heterocycles. The molecular weight excluding hydrogens is 198 g/mol. The minimum absolute atomic E-state index is 0.117. The molecule has 0 saturated heterocycles. The maximum Gasteiger partial charge on any atom is 0.330 e. The predicted molar refractivity (Wildman–Crippen MR) is 55.2 cm³/mol. The fourth-order valence-electron chi connectivity index (χ4n) is 0.698. The van der Waals surface area contributed by atoms with Crippen molar-refractivity contribution in [1.29, 1.82) is 0 Å². The number of carbonyl (C=O) groups is 2. The van der Waals surface area contributed by atoms with Crippen molar-refractivity contribution in [3.63, 3.8) is 0 Å². The lowest BCUT2D eigenvalue weighted by Crippen LogP contribution is -2.36. The summed E-state index contributed by atoms with van der Waals surface area (Å²) in [5.41, 5.74) is 0. The highest BCUT2D eigenvalue weighted by atomic mass is 16.5. The van der Waals surface area contributed by atoms with E-state index in [1.54, 1.807) is 7.05 Å². The molecule has 0 heterocycles. The summed E-state index contributed by atoms with van der Waals surface area (Å²) in [6.45, 7) is 6.75. The van der Waals surface area contributed by atoms with Gasteiger partial charge in [0.2, 0.25) is 0 Å². The SMILES string of the molecule is C=CC(=O)OCC(COC(=O)C=C)NC. The summed E-state index contributed by atoms with van der Waals surface area (Å²) in [6.07, 6.45) is 2.14. The number of hydrogen-bond donors (Lipinski definition) is 1. The van der Waals surface area contributed by atoms with Crippen molar-refractivity contribution >= 4 is 11.9 Å². The van der Waals surface area contributed by atoms with Gasteiger partial charge in [-0.1, -0.05) is 13.2 Å². The lowest BCUT2D eigenvalue weighted by atomic mass is 10.3. The summed E-state index contributed by atoms with van der Waals surface area (Å²) < 4.78 is 9.55. The van der Waals surface area contributed by atoms with Crippen LogP contribution in [0.1, 0.15) is 0 Å². The summed E-state index contributed by atoms with van der Waals surface area (Å²) in [5.74, 6) is -1.02. The minimum Gasteiger partial charge on any atom is -0.461 e. The second-order valence-electron chi connectivity index (χ2n) is 2.65. The smallest absolute Gasteiger partial charge is 0.330 e. The Kier molecular flexibility index (Phi) is 6.92. The van der Waals surface area contributed by atoms with Crippen LogP contribution >= 0.6 is 0 Å². The number of nitrogens with one attached hydrogen (secondary N) is 1. The number of ether oxygens (including phenoxy) is 2. The molecule has 1 N–H and O–H groups in total. The van der Waals surface area contributed by atoms with Gasteiger partial charge in [0, 0.05) is 12.2 Å². The highest BCUT2D eigenvalue weighted by Crippen LogP contribution is 1.90. The molecule has 5 heteroatoms. The van der Waals surface area contributed by atoms with Gasteiger partial charge in [-0.3, -0.25) is 0 Å². The van der Waals surface area contributed by atoms with Crippen LogP contribution in [0.3, 0.4) is 0 Å². The maximum absolute atomic E-state index is 10.7. The summed E-state index contributed by atoms with van der Waals surface area (Å²) in [6, 6.07) is -0.238. The van der Waals surface area contributed by atoms with Crippen LogP contribution in [0.4, 0.5) is 0 Å². The Morgan fingerprint density at radius 2 is 1.60 bits per heavy atom. The van der Waals surface area contributed by atoms with E-state index in [2.05, 4.69) is 18.5 Å². The minimum atomic E-state index is -0.509. The molecule has 0 saturated carbocycles. The Morgan fingerprint density at radius 3 is 1.87 bits per heavy atom. The Labute approximate surface area is 88.7 Å². The molecule has 0 aliphatic carbocycles. The van der Waals surface area contributed by atoms with Crippen LogP contribution < -0.4 is 5.32 Å². The topological polar surface area (TPSA) is 64.6 Å². The first-order valence-corrected chi connectivity index (χ1v) is 4.39. The van der Waals surface area contributed by atoms with E-state index in [1.807, 2.05) is 0 Å². The molecule has 0 unspecified atom stereocenters. The predicted octanol–water partition coefficient (Wildman–Crippen LogP) is 0.0328. The molecule has 0 spiro atoms. The standard InChI is InChI=1S/C10H15NO4/c1-4-9(12)14-6-8(11-3)7-15-10(13)5-2/h4-5,8,11H,1-2,6-7H2,3H3. The Hall–Kier alpha value is -1.62. The Balaban J connectivity index is 3.82. The monoisotopic (exact) mass is 213 g/mol. The van der Waals surface area contributed by atoms with Gasteiger partial charge in [-0.2, -0.15) is 0 Å². The van der Waals surface area contributed by atoms with Gasteiger partial charge in [-0.15, -0.1) is 0 Å². The maximum atomic E-state index is 10.7. The average molecular weight is 213 g/mol. The van der Waals surface area contributed by atoms with E-state index < -0.39 is 11.9 Å². The highest BCUT2D eigenvalue weighted by molar-refractivity contribution is 5.81. The van der Waals surface area contributed by atoms with Crippen LogP contribution in [0.2, 0.25) is 0 Å². The summed E-state index contributed by atoms with van der Waals surface area (Å²) in [5, 5.41) is 2.84. The first kappa shape index (κ1) is 13.4. The van der Waals surface area contributed by atoms with E-state index in [1.165, 1.54) is 0 Å². The first-order chi connectivity index (χ1) is 7.13. The van der Waals surface area contributed by atoms with Gasteiger partial charge in [-0.25, -0.2) is 9.59 Å². The van der Waals surface area contributed by atoms with Crippen LogP contribution in [0.25, 0.3) is 0 Å². The lowest BCUT2D eigenvalue weighted by Gasteiger charge is -2.15. The van der Waals surface area contributed by atoms with E-state index >= 15 is 0 Å². The van der Waals surface area contributed by atoms with Crippen LogP contribution in [-0.4, -0.2) is 38.2 Å². The van der Waals surface area contributed by atoms with E-state index in [0.717, 1.165) is 12.2 Å². The third-order valence-electron chi connectivity index (χ3n) is 1.60. The molecule has 84 valence electrons. The molecule has 0 bridgehead atoms. The van der Waals surface area contributed by atoms with Crippen LogP contribution in [0, 0.1) is 0 Å². The van der Waals surface area contributed by atoms with Gasteiger partial charge in [-0.05, 0) is 7.05 Å². The van der Waals surface area contributed by atoms with Crippen molar-refractivity contribution in [3.05, 3.63) is 25.3 Å². The quantitative estimate of drug-likeness (QED) is 0.477. The van der Waals surface area contributed by atoms with E-state index in [9.17, 15) is 9.59 Å². The Morgan fingerprint density at radius 1 is 1.20 bits per heavy atom. The molecular formula is C10H15NO4. The van der Waals surface area contributed by atoms with E-state index in [4.69, 9.17) is 9.47 Å². The average Bonchev–Trinajstić information content (AvgIpc) is 2.28. The third-order valence-corrected chi connectivity index (χ3v) is 1.60. The number of rotatable bonds is 7. The van der Waals surface area contributed by atoms with Gasteiger partial charge in [0.1, 0.15) is 13.2 Å². The van der Waals surface area contributed by atoms with Gasteiger partial charge in [0.25, 0.3) is 0 Å². The number of likely N-dealkylation sites (N-methyl/N-ethyl adjacent to an activating group) is 1. The van der Waals surface area contributed by atoms with Gasteiger partial charge < -0.3 is 14.8 Å². The number of esters is 2. The third kappa shape index (κ3) is 6.45. The zero-order valence-corrected chi connectivity index (χ0v) is 8.69. The van der Waals surface area contributed by atoms with Crippen molar-refractivity contribution in [1.82, 2.24) is 5.32 Å². The summed E-state index contributed by atoms with van der Waals surface area (Å²) in [4.78, 5) is 21.5. The van der Waals surface area contributed by atoms with E-state index in [-0.39, 0.29) is 19.3 Å². The van der Waals surface area contributed by atoms with Crippen LogP contribution in [0.5, 0.6) is 0 Å². The van der Waals surface area contributed by atoms with Crippen molar-refractivity contribution in [3.8, 4) is 0 Å². The van der Waals surface area contributed by atoms with Crippen molar-refractivity contribution < 1.29 is 19.1 Å². The van der Waals surface area contributed by atoms with Crippen LogP contribution in [0.15, 0.2) is 25.3 Å². The van der Waals surface area contributed by atoms with Gasteiger partial charge in [0.15, 0.2) is 0 Å². The molecule has 0 aromatic heterocycles. The zero-order chi connectivity index (χ0) is 11.7. The highest BCUT2D eigenvalue weighted by Gasteiger charge is 2.10. The largest absolute Gasteiger partial charge is 0.461 e. The lowest BCUT2D eigenvalue weighted by molar-refractivity contribution is -0.141. The molecule has 15 heavy (non-hydrogen) atoms. The first-order valence-electron chi connectivity index (χ1n) is 4.39. The van der Waals surface area contributed by atoms with Crippen molar-refractivity contribution in [2.75, 3.05) is 20.3 Å². The van der Waals surface area contributed by atoms with Crippen molar-refractivity contribution in [2.24, 2.45) is 0 Å². The molecule has 0 rings (SSSR count). The summed E-state index contributed by atoms with van der Waals surface area (Å²) in [7, 11) is 1.67. The molecule has 0 radical (unpaired) electrons. The van der Waals surface area contributed by atoms with Crippen molar-refractivity contribution in [2.45, 2.75) is 6.04 Å². The number of hydrogen-bond acceptors (Lipinski definition) is 5. The summed E-state index contributed by atoms with van der Waals surface area (Å²) >= 11 is 0. The molecule has 0 fully saturated rings.